The first-order chi connectivity index (χ1) is 16.9. The van der Waals surface area contributed by atoms with Crippen LogP contribution in [0.15, 0.2) is 71.8 Å². The van der Waals surface area contributed by atoms with Crippen molar-refractivity contribution in [2.45, 2.75) is 13.8 Å². The fraction of sp³-hybridized carbons (Fsp3) is 0.154. The van der Waals surface area contributed by atoms with Crippen LogP contribution in [0, 0.1) is 6.92 Å². The smallest absolute Gasteiger partial charge is 0.343 e. The number of ether oxygens (including phenoxy) is 2. The van der Waals surface area contributed by atoms with E-state index >= 15 is 0 Å². The van der Waals surface area contributed by atoms with Gasteiger partial charge in [-0.05, 0) is 74.0 Å². The summed E-state index contributed by atoms with van der Waals surface area (Å²) in [7, 11) is 0. The predicted octanol–water partition coefficient (Wildman–Crippen LogP) is 4.15. The Hall–Kier alpha value is -4.17. The summed E-state index contributed by atoms with van der Waals surface area (Å²) >= 11 is 5.85. The van der Waals surface area contributed by atoms with Gasteiger partial charge in [0.1, 0.15) is 0 Å². The lowest BCUT2D eigenvalue weighted by atomic mass is 10.1. The van der Waals surface area contributed by atoms with Gasteiger partial charge >= 0.3 is 5.97 Å². The number of hydrogen-bond acceptors (Lipinski definition) is 6. The van der Waals surface area contributed by atoms with Gasteiger partial charge in [0.15, 0.2) is 11.5 Å². The monoisotopic (exact) mass is 493 g/mol. The first kappa shape index (κ1) is 25.5. The van der Waals surface area contributed by atoms with E-state index in [1.807, 2.05) is 13.0 Å². The van der Waals surface area contributed by atoms with Crippen molar-refractivity contribution in [2.24, 2.45) is 5.10 Å². The van der Waals surface area contributed by atoms with Crippen molar-refractivity contribution >= 4 is 35.6 Å². The molecule has 0 unspecified atom stereocenters. The van der Waals surface area contributed by atoms with Gasteiger partial charge in [0, 0.05) is 10.6 Å². The first-order valence-corrected chi connectivity index (χ1v) is 11.1. The van der Waals surface area contributed by atoms with Crippen LogP contribution >= 0.6 is 11.6 Å². The van der Waals surface area contributed by atoms with Crippen molar-refractivity contribution in [1.29, 1.82) is 0 Å². The number of benzene rings is 3. The van der Waals surface area contributed by atoms with Gasteiger partial charge in [-0.1, -0.05) is 29.3 Å². The number of nitrogens with zero attached hydrogens (tertiary/aromatic N) is 1. The largest absolute Gasteiger partial charge is 0.490 e. The van der Waals surface area contributed by atoms with E-state index in [1.54, 1.807) is 67.6 Å². The molecular formula is C26H24ClN3O5. The molecule has 0 bridgehead atoms. The zero-order valence-electron chi connectivity index (χ0n) is 19.2. The molecule has 2 N–H and O–H groups in total. The van der Waals surface area contributed by atoms with Gasteiger partial charge in [-0.2, -0.15) is 5.10 Å². The third-order valence-corrected chi connectivity index (χ3v) is 4.89. The molecule has 0 spiro atoms. The molecule has 0 aliphatic heterocycles. The highest BCUT2D eigenvalue weighted by Gasteiger charge is 2.13. The zero-order valence-corrected chi connectivity index (χ0v) is 20.0. The zero-order chi connectivity index (χ0) is 25.2. The number of esters is 1. The third-order valence-electron chi connectivity index (χ3n) is 4.64. The highest BCUT2D eigenvalue weighted by molar-refractivity contribution is 6.30. The van der Waals surface area contributed by atoms with Crippen LogP contribution in [-0.2, 0) is 4.79 Å². The summed E-state index contributed by atoms with van der Waals surface area (Å²) in [6.45, 7) is 3.81. The van der Waals surface area contributed by atoms with Crippen molar-refractivity contribution in [2.75, 3.05) is 13.2 Å². The molecule has 0 atom stereocenters. The highest BCUT2D eigenvalue weighted by atomic mass is 35.5. The van der Waals surface area contributed by atoms with Gasteiger partial charge < -0.3 is 14.8 Å². The minimum absolute atomic E-state index is 0.228. The average molecular weight is 494 g/mol. The lowest BCUT2D eigenvalue weighted by Crippen LogP contribution is -2.34. The Morgan fingerprint density at radius 3 is 2.46 bits per heavy atom. The molecule has 0 saturated carbocycles. The fourth-order valence-electron chi connectivity index (χ4n) is 2.97. The van der Waals surface area contributed by atoms with Crippen LogP contribution in [0.25, 0.3) is 0 Å². The van der Waals surface area contributed by atoms with Crippen molar-refractivity contribution < 1.29 is 23.9 Å². The SMILES string of the molecule is CCOc1cc(/C=N\NC(=O)CNC(=O)c2cccc(C)c2)ccc1OC(=O)c1ccc(Cl)cc1. The Morgan fingerprint density at radius 2 is 1.74 bits per heavy atom. The van der Waals surface area contributed by atoms with Crippen LogP contribution < -0.4 is 20.2 Å². The molecule has 0 heterocycles. The van der Waals surface area contributed by atoms with Crippen LogP contribution in [0.3, 0.4) is 0 Å². The normalized spacial score (nSPS) is 10.6. The van der Waals surface area contributed by atoms with Gasteiger partial charge in [0.25, 0.3) is 11.8 Å². The molecule has 35 heavy (non-hydrogen) atoms. The Kier molecular flexibility index (Phi) is 8.97. The van der Waals surface area contributed by atoms with Crippen molar-refractivity contribution in [1.82, 2.24) is 10.7 Å². The first-order valence-electron chi connectivity index (χ1n) is 10.8. The van der Waals surface area contributed by atoms with Crippen LogP contribution in [-0.4, -0.2) is 37.1 Å². The van der Waals surface area contributed by atoms with E-state index in [9.17, 15) is 14.4 Å². The van der Waals surface area contributed by atoms with Gasteiger partial charge in [-0.25, -0.2) is 10.2 Å². The molecule has 0 aliphatic rings. The van der Waals surface area contributed by atoms with Crippen LogP contribution in [0.2, 0.25) is 5.02 Å². The second kappa shape index (κ2) is 12.3. The van der Waals surface area contributed by atoms with Crippen molar-refractivity contribution in [3.05, 3.63) is 94.0 Å². The number of nitrogens with one attached hydrogen (secondary N) is 2. The van der Waals surface area contributed by atoms with Gasteiger partial charge in [-0.3, -0.25) is 9.59 Å². The molecule has 0 aliphatic carbocycles. The molecule has 8 nitrogen and oxygen atoms in total. The van der Waals surface area contributed by atoms with E-state index in [0.29, 0.717) is 34.1 Å². The van der Waals surface area contributed by atoms with E-state index in [2.05, 4.69) is 15.8 Å². The van der Waals surface area contributed by atoms with Gasteiger partial charge in [0.05, 0.1) is 24.9 Å². The van der Waals surface area contributed by atoms with E-state index in [0.717, 1.165) is 5.56 Å². The molecule has 3 aromatic rings. The Morgan fingerprint density at radius 1 is 0.971 bits per heavy atom. The standard InChI is InChI=1S/C26H24ClN3O5/c1-3-34-23-14-18(7-12-22(23)35-26(33)19-8-10-21(27)11-9-19)15-29-30-24(31)16-28-25(32)20-6-4-5-17(2)13-20/h4-15H,3,16H2,1-2H3,(H,28,32)(H,30,31)/b29-15-. The summed E-state index contributed by atoms with van der Waals surface area (Å²) < 4.78 is 11.0. The molecule has 9 heteroatoms. The highest BCUT2D eigenvalue weighted by Crippen LogP contribution is 2.29. The van der Waals surface area contributed by atoms with E-state index in [-0.39, 0.29) is 18.2 Å². The summed E-state index contributed by atoms with van der Waals surface area (Å²) in [4.78, 5) is 36.5. The lowest BCUT2D eigenvalue weighted by Gasteiger charge is -2.11. The molecule has 3 aromatic carbocycles. The minimum Gasteiger partial charge on any atom is -0.490 e. The number of aryl methyl sites for hydroxylation is 1. The Balaban J connectivity index is 1.57. The number of hydrazone groups is 1. The maximum absolute atomic E-state index is 12.4. The molecule has 0 saturated heterocycles. The Labute approximate surface area is 207 Å². The average Bonchev–Trinajstić information content (AvgIpc) is 2.84. The number of amides is 2. The summed E-state index contributed by atoms with van der Waals surface area (Å²) in [5.41, 5.74) is 4.72. The van der Waals surface area contributed by atoms with Crippen molar-refractivity contribution in [3.8, 4) is 11.5 Å². The minimum atomic E-state index is -0.552. The van der Waals surface area contributed by atoms with E-state index < -0.39 is 11.9 Å². The molecule has 0 radical (unpaired) electrons. The summed E-state index contributed by atoms with van der Waals surface area (Å²) in [5.74, 6) is -0.801. The van der Waals surface area contributed by atoms with E-state index in [1.165, 1.54) is 6.21 Å². The number of hydrogen-bond donors (Lipinski definition) is 2. The Bertz CT molecular complexity index is 1240. The van der Waals surface area contributed by atoms with Crippen LogP contribution in [0.1, 0.15) is 38.8 Å². The second-order valence-corrected chi connectivity index (χ2v) is 7.82. The maximum Gasteiger partial charge on any atom is 0.343 e. The number of rotatable bonds is 9. The lowest BCUT2D eigenvalue weighted by molar-refractivity contribution is -0.120. The number of carbonyl (C=O) groups is 3. The quantitative estimate of drug-likeness (QED) is 0.201. The predicted molar refractivity (Wildman–Crippen MR) is 133 cm³/mol. The third kappa shape index (κ3) is 7.68. The summed E-state index contributed by atoms with van der Waals surface area (Å²) in [5, 5.41) is 6.96. The summed E-state index contributed by atoms with van der Waals surface area (Å²) in [6.07, 6.45) is 1.41. The molecular weight excluding hydrogens is 470 g/mol. The van der Waals surface area contributed by atoms with E-state index in [4.69, 9.17) is 21.1 Å². The molecule has 2 amide bonds. The fourth-order valence-corrected chi connectivity index (χ4v) is 3.10. The molecule has 3 rings (SSSR count). The van der Waals surface area contributed by atoms with Crippen molar-refractivity contribution in [3.63, 3.8) is 0 Å². The van der Waals surface area contributed by atoms with Crippen LogP contribution in [0.4, 0.5) is 0 Å². The number of carbonyl (C=O) groups excluding carboxylic acids is 3. The maximum atomic E-state index is 12.4. The molecule has 180 valence electrons. The van der Waals surface area contributed by atoms with Gasteiger partial charge in [0.2, 0.25) is 0 Å². The summed E-state index contributed by atoms with van der Waals surface area (Å²) in [6, 6.07) is 18.3. The topological polar surface area (TPSA) is 106 Å². The molecule has 0 fully saturated rings. The second-order valence-electron chi connectivity index (χ2n) is 7.38. The van der Waals surface area contributed by atoms with Gasteiger partial charge in [-0.15, -0.1) is 0 Å². The van der Waals surface area contributed by atoms with Crippen LogP contribution in [0.5, 0.6) is 11.5 Å². The number of halogens is 1. The molecule has 0 aromatic heterocycles.